The van der Waals surface area contributed by atoms with E-state index < -0.39 is 10.0 Å². The molecule has 2 aromatic rings. The number of aromatic nitrogens is 2. The first-order valence-electron chi connectivity index (χ1n) is 8.28. The van der Waals surface area contributed by atoms with E-state index in [4.69, 9.17) is 4.74 Å². The molecule has 2 N–H and O–H groups in total. The molecule has 26 heavy (non-hydrogen) atoms. The molecule has 3 rings (SSSR count). The number of benzene rings is 1. The molecule has 8 nitrogen and oxygen atoms in total. The van der Waals surface area contributed by atoms with Crippen molar-refractivity contribution in [3.63, 3.8) is 0 Å². The summed E-state index contributed by atoms with van der Waals surface area (Å²) in [7, 11) is -3.69. The van der Waals surface area contributed by atoms with Gasteiger partial charge in [-0.25, -0.2) is 13.1 Å². The molecule has 1 aliphatic heterocycles. The Hall–Kier alpha value is -2.36. The lowest BCUT2D eigenvalue weighted by molar-refractivity contribution is 0.0954. The molecule has 2 heterocycles. The molecule has 138 valence electrons. The second-order valence-electron chi connectivity index (χ2n) is 5.91. The van der Waals surface area contributed by atoms with Gasteiger partial charge in [0.05, 0.1) is 17.2 Å². The van der Waals surface area contributed by atoms with Crippen LogP contribution >= 0.6 is 0 Å². The number of amides is 1. The van der Waals surface area contributed by atoms with Crippen molar-refractivity contribution in [3.8, 4) is 0 Å². The summed E-state index contributed by atoms with van der Waals surface area (Å²) < 4.78 is 32.7. The van der Waals surface area contributed by atoms with Gasteiger partial charge in [-0.15, -0.1) is 0 Å². The van der Waals surface area contributed by atoms with Crippen LogP contribution in [0.4, 0.5) is 0 Å². The number of ether oxygens (including phenoxy) is 1. The van der Waals surface area contributed by atoms with Crippen molar-refractivity contribution in [3.05, 3.63) is 54.1 Å². The Morgan fingerprint density at radius 3 is 2.92 bits per heavy atom. The Kier molecular flexibility index (Phi) is 5.92. The number of sulfonamides is 1. The topological polar surface area (TPSA) is 110 Å². The summed E-state index contributed by atoms with van der Waals surface area (Å²) in [6.45, 7) is 1.29. The van der Waals surface area contributed by atoms with Gasteiger partial charge in [0.15, 0.2) is 0 Å². The fourth-order valence-electron chi connectivity index (χ4n) is 2.58. The van der Waals surface area contributed by atoms with E-state index in [0.717, 1.165) is 5.69 Å². The Morgan fingerprint density at radius 1 is 1.31 bits per heavy atom. The smallest absolute Gasteiger partial charge is 0.251 e. The zero-order valence-electron chi connectivity index (χ0n) is 14.1. The predicted octanol–water partition coefficient (Wildman–Crippen LogP) is 0.516. The molecule has 0 radical (unpaired) electrons. The van der Waals surface area contributed by atoms with Crippen molar-refractivity contribution >= 4 is 15.9 Å². The van der Waals surface area contributed by atoms with Gasteiger partial charge in [-0.1, -0.05) is 6.07 Å². The van der Waals surface area contributed by atoms with Gasteiger partial charge in [-0.3, -0.25) is 14.8 Å². The van der Waals surface area contributed by atoms with E-state index in [1.807, 2.05) is 0 Å². The Morgan fingerprint density at radius 2 is 2.19 bits per heavy atom. The van der Waals surface area contributed by atoms with E-state index in [0.29, 0.717) is 32.6 Å². The van der Waals surface area contributed by atoms with Crippen LogP contribution in [0, 0.1) is 0 Å². The number of hydrogen-bond donors (Lipinski definition) is 2. The molecule has 1 amide bonds. The largest absolute Gasteiger partial charge is 0.380 e. The molecule has 1 saturated heterocycles. The van der Waals surface area contributed by atoms with Crippen LogP contribution in [-0.4, -0.2) is 50.1 Å². The highest BCUT2D eigenvalue weighted by Gasteiger charge is 2.24. The number of rotatable bonds is 7. The number of hydrogen-bond acceptors (Lipinski definition) is 6. The maximum absolute atomic E-state index is 12.4. The quantitative estimate of drug-likeness (QED) is 0.729. The summed E-state index contributed by atoms with van der Waals surface area (Å²) in [5.74, 6) is -0.338. The first-order valence-corrected chi connectivity index (χ1v) is 9.76. The van der Waals surface area contributed by atoms with E-state index in [2.05, 4.69) is 20.0 Å². The molecule has 0 aliphatic carbocycles. The van der Waals surface area contributed by atoms with Gasteiger partial charge in [0, 0.05) is 49.8 Å². The summed E-state index contributed by atoms with van der Waals surface area (Å²) in [6.07, 6.45) is 5.99. The highest BCUT2D eigenvalue weighted by atomic mass is 32.2. The van der Waals surface area contributed by atoms with Crippen LogP contribution in [0.5, 0.6) is 0 Å². The minimum atomic E-state index is -3.69. The minimum Gasteiger partial charge on any atom is -0.380 e. The lowest BCUT2D eigenvalue weighted by atomic mass is 10.2. The fourth-order valence-corrected chi connectivity index (χ4v) is 3.89. The molecule has 1 atom stereocenters. The summed E-state index contributed by atoms with van der Waals surface area (Å²) >= 11 is 0. The van der Waals surface area contributed by atoms with Crippen LogP contribution in [0.3, 0.4) is 0 Å². The highest BCUT2D eigenvalue weighted by molar-refractivity contribution is 7.89. The lowest BCUT2D eigenvalue weighted by Crippen LogP contribution is -2.35. The van der Waals surface area contributed by atoms with Gasteiger partial charge in [-0.05, 0) is 24.6 Å². The second-order valence-corrected chi connectivity index (χ2v) is 7.63. The van der Waals surface area contributed by atoms with E-state index in [9.17, 15) is 13.2 Å². The third-order valence-corrected chi connectivity index (χ3v) is 5.46. The second kappa shape index (κ2) is 8.35. The van der Waals surface area contributed by atoms with E-state index in [-0.39, 0.29) is 22.4 Å². The number of carbonyl (C=O) groups is 1. The van der Waals surface area contributed by atoms with Crippen molar-refractivity contribution in [2.45, 2.75) is 23.8 Å². The van der Waals surface area contributed by atoms with E-state index >= 15 is 0 Å². The van der Waals surface area contributed by atoms with Crippen LogP contribution < -0.4 is 10.0 Å². The van der Waals surface area contributed by atoms with Crippen molar-refractivity contribution in [1.29, 1.82) is 0 Å². The van der Waals surface area contributed by atoms with Crippen molar-refractivity contribution in [2.24, 2.45) is 0 Å². The number of carbonyl (C=O) groups excluding carboxylic acids is 1. The van der Waals surface area contributed by atoms with Crippen LogP contribution in [0.1, 0.15) is 22.5 Å². The third-order valence-electron chi connectivity index (χ3n) is 3.94. The summed E-state index contributed by atoms with van der Waals surface area (Å²) in [5.41, 5.74) is 1.06. The zero-order valence-corrected chi connectivity index (χ0v) is 14.9. The SMILES string of the molecule is O=C(NCCc1cnccn1)c1cccc(S(=O)(=O)NC2CCOC2)c1. The standard InChI is InChI=1S/C17H20N4O4S/c22-17(20-6-4-14-11-18-7-8-19-14)13-2-1-3-16(10-13)26(23,24)21-15-5-9-25-12-15/h1-3,7-8,10-11,15,21H,4-6,9,12H2,(H,20,22). The van der Waals surface area contributed by atoms with Crippen LogP contribution in [-0.2, 0) is 21.2 Å². The van der Waals surface area contributed by atoms with Gasteiger partial charge in [0.25, 0.3) is 5.91 Å². The van der Waals surface area contributed by atoms with Crippen molar-refractivity contribution in [1.82, 2.24) is 20.0 Å². The van der Waals surface area contributed by atoms with Gasteiger partial charge in [0.2, 0.25) is 10.0 Å². The monoisotopic (exact) mass is 376 g/mol. The van der Waals surface area contributed by atoms with Crippen LogP contribution in [0.25, 0.3) is 0 Å². The maximum Gasteiger partial charge on any atom is 0.251 e. The Bertz CT molecular complexity index is 852. The first-order chi connectivity index (χ1) is 12.5. The van der Waals surface area contributed by atoms with Gasteiger partial charge in [-0.2, -0.15) is 0 Å². The number of nitrogens with zero attached hydrogens (tertiary/aromatic N) is 2. The predicted molar refractivity (Wildman–Crippen MR) is 94.1 cm³/mol. The van der Waals surface area contributed by atoms with Gasteiger partial charge in [0.1, 0.15) is 0 Å². The maximum atomic E-state index is 12.4. The Labute approximate surface area is 152 Å². The van der Waals surface area contributed by atoms with Crippen molar-refractivity contribution in [2.75, 3.05) is 19.8 Å². The molecule has 1 unspecified atom stereocenters. The fraction of sp³-hybridized carbons (Fsp3) is 0.353. The molecule has 1 aromatic heterocycles. The average Bonchev–Trinajstić information content (AvgIpc) is 3.15. The van der Waals surface area contributed by atoms with Gasteiger partial charge < -0.3 is 10.1 Å². The van der Waals surface area contributed by atoms with E-state index in [1.54, 1.807) is 30.7 Å². The molecule has 1 aliphatic rings. The molecule has 9 heteroatoms. The Balaban J connectivity index is 1.61. The van der Waals surface area contributed by atoms with Crippen molar-refractivity contribution < 1.29 is 17.9 Å². The summed E-state index contributed by atoms with van der Waals surface area (Å²) in [6, 6.07) is 5.74. The molecule has 1 fully saturated rings. The van der Waals surface area contributed by atoms with Gasteiger partial charge >= 0.3 is 0 Å². The molecule has 0 saturated carbocycles. The van der Waals surface area contributed by atoms with Crippen LogP contribution in [0.15, 0.2) is 47.8 Å². The highest BCUT2D eigenvalue weighted by Crippen LogP contribution is 2.14. The average molecular weight is 376 g/mol. The number of nitrogens with one attached hydrogen (secondary N) is 2. The minimum absolute atomic E-state index is 0.0611. The summed E-state index contributed by atoms with van der Waals surface area (Å²) in [5, 5.41) is 2.76. The normalized spacial score (nSPS) is 17.2. The summed E-state index contributed by atoms with van der Waals surface area (Å²) in [4.78, 5) is 20.4. The third kappa shape index (κ3) is 4.84. The molecule has 1 aromatic carbocycles. The zero-order chi connectivity index (χ0) is 18.4. The first kappa shape index (κ1) is 18.4. The molecule has 0 bridgehead atoms. The lowest BCUT2D eigenvalue weighted by Gasteiger charge is -2.12. The molecule has 0 spiro atoms. The molecular formula is C17H20N4O4S. The van der Waals surface area contributed by atoms with E-state index in [1.165, 1.54) is 12.1 Å². The molecular weight excluding hydrogens is 356 g/mol. The van der Waals surface area contributed by atoms with Crippen LogP contribution in [0.2, 0.25) is 0 Å².